The van der Waals surface area contributed by atoms with Crippen molar-refractivity contribution in [1.82, 2.24) is 24.1 Å². The van der Waals surface area contributed by atoms with Gasteiger partial charge in [-0.15, -0.1) is 0 Å². The van der Waals surface area contributed by atoms with Gasteiger partial charge in [-0.2, -0.15) is 9.97 Å². The van der Waals surface area contributed by atoms with Crippen LogP contribution < -0.4 is 0 Å². The first kappa shape index (κ1) is 38.1. The van der Waals surface area contributed by atoms with Crippen LogP contribution in [0.25, 0.3) is 99.9 Å². The maximum Gasteiger partial charge on any atom is 0.238 e. The van der Waals surface area contributed by atoms with Crippen LogP contribution in [0.1, 0.15) is 76.6 Å². The Balaban J connectivity index is 1.11. The second-order valence-electron chi connectivity index (χ2n) is 20.4. The number of benzene rings is 8. The van der Waals surface area contributed by atoms with Crippen LogP contribution in [-0.2, 0) is 16.2 Å². The molecular weight excluding hydrogens is 791 g/mol. The number of rotatable bonds is 4. The highest BCUT2D eigenvalue weighted by Crippen LogP contribution is 2.51. The van der Waals surface area contributed by atoms with Gasteiger partial charge in [0.1, 0.15) is 0 Å². The van der Waals surface area contributed by atoms with Crippen LogP contribution in [0.15, 0.2) is 164 Å². The highest BCUT2D eigenvalue weighted by Gasteiger charge is 2.38. The lowest BCUT2D eigenvalue weighted by Crippen LogP contribution is -2.33. The molecule has 0 spiro atoms. The van der Waals surface area contributed by atoms with Gasteiger partial charge in [-0.25, -0.2) is 4.98 Å². The van der Waals surface area contributed by atoms with E-state index in [1.165, 1.54) is 66.9 Å². The molecule has 0 saturated carbocycles. The van der Waals surface area contributed by atoms with Crippen LogP contribution in [0, 0.1) is 0 Å². The van der Waals surface area contributed by atoms with Crippen molar-refractivity contribution in [3.8, 4) is 45.5 Å². The predicted molar refractivity (Wildman–Crippen MR) is 270 cm³/mol. The molecule has 0 amide bonds. The van der Waals surface area contributed by atoms with E-state index in [9.17, 15) is 0 Å². The Hall–Kier alpha value is -7.37. The molecule has 3 aromatic heterocycles. The fourth-order valence-corrected chi connectivity index (χ4v) is 11.5. The van der Waals surface area contributed by atoms with Gasteiger partial charge >= 0.3 is 0 Å². The molecule has 2 aliphatic carbocycles. The minimum Gasteiger partial charge on any atom is -0.309 e. The quantitative estimate of drug-likeness (QED) is 0.177. The number of para-hydroxylation sites is 2. The van der Waals surface area contributed by atoms with Gasteiger partial charge in [0.2, 0.25) is 5.95 Å². The lowest BCUT2D eigenvalue weighted by Gasteiger charge is -2.42. The summed E-state index contributed by atoms with van der Waals surface area (Å²) in [5.74, 6) is 1.87. The molecule has 11 aromatic rings. The van der Waals surface area contributed by atoms with E-state index in [4.69, 9.17) is 15.0 Å². The minimum atomic E-state index is -0.104. The summed E-state index contributed by atoms with van der Waals surface area (Å²) < 4.78 is 4.75. The highest BCUT2D eigenvalue weighted by atomic mass is 15.2. The van der Waals surface area contributed by atoms with Crippen molar-refractivity contribution in [1.29, 1.82) is 0 Å². The Morgan fingerprint density at radius 2 is 0.969 bits per heavy atom. The summed E-state index contributed by atoms with van der Waals surface area (Å²) in [6.07, 6.45) is 2.33. The summed E-state index contributed by atoms with van der Waals surface area (Å²) in [6, 6.07) is 60.0. The third-order valence-corrected chi connectivity index (χ3v) is 15.2. The minimum absolute atomic E-state index is 0.0755. The molecule has 2 aliphatic rings. The molecule has 0 saturated heterocycles. The lowest BCUT2D eigenvalue weighted by atomic mass is 9.63. The van der Waals surface area contributed by atoms with Gasteiger partial charge < -0.3 is 4.57 Å². The van der Waals surface area contributed by atoms with Crippen LogP contribution in [0.5, 0.6) is 0 Å². The standard InChI is InChI=1S/C60H49N5/c1-58(2)28-29-59(3,4)50-34-52-46(33-49(50)58)45-32-44-42-21-13-15-23-51(42)65(54(44)35-53(45)64(52)40-18-8-7-9-19-40)57-62-55(38-25-24-36-16-10-11-17-37(36)30-38)61-56(63-57)39-26-27-48-43(31-39)41-20-12-14-22-47(41)60(48,5)6/h7-27,30-35H,28-29H2,1-6H3. The van der Waals surface area contributed by atoms with E-state index in [0.717, 1.165) is 50.6 Å². The zero-order valence-corrected chi connectivity index (χ0v) is 37.7. The maximum atomic E-state index is 5.47. The zero-order chi connectivity index (χ0) is 44.0. The average Bonchev–Trinajstić information content (AvgIpc) is 3.91. The maximum absolute atomic E-state index is 5.47. The van der Waals surface area contributed by atoms with Gasteiger partial charge in [-0.3, -0.25) is 4.57 Å². The number of nitrogens with zero attached hydrogens (tertiary/aromatic N) is 5. The predicted octanol–water partition coefficient (Wildman–Crippen LogP) is 15.2. The molecule has 65 heavy (non-hydrogen) atoms. The molecule has 5 heteroatoms. The first-order valence-corrected chi connectivity index (χ1v) is 23.1. The number of hydrogen-bond donors (Lipinski definition) is 0. The van der Waals surface area contributed by atoms with Crippen LogP contribution in [0.3, 0.4) is 0 Å². The molecule has 0 radical (unpaired) electrons. The Kier molecular flexibility index (Phi) is 7.82. The van der Waals surface area contributed by atoms with Crippen molar-refractivity contribution in [2.45, 2.75) is 70.6 Å². The van der Waals surface area contributed by atoms with Gasteiger partial charge in [-0.1, -0.05) is 151 Å². The number of hydrogen-bond acceptors (Lipinski definition) is 3. The molecule has 0 bridgehead atoms. The van der Waals surface area contributed by atoms with Crippen LogP contribution in [-0.4, -0.2) is 24.1 Å². The van der Waals surface area contributed by atoms with E-state index in [1.807, 2.05) is 0 Å². The van der Waals surface area contributed by atoms with Crippen molar-refractivity contribution in [3.05, 3.63) is 186 Å². The largest absolute Gasteiger partial charge is 0.309 e. The summed E-state index contributed by atoms with van der Waals surface area (Å²) in [7, 11) is 0. The van der Waals surface area contributed by atoms with Crippen molar-refractivity contribution in [2.24, 2.45) is 0 Å². The summed E-state index contributed by atoms with van der Waals surface area (Å²) in [4.78, 5) is 16.2. The molecule has 0 N–H and O–H groups in total. The van der Waals surface area contributed by atoms with Gasteiger partial charge in [0, 0.05) is 43.8 Å². The third kappa shape index (κ3) is 5.54. The van der Waals surface area contributed by atoms with Gasteiger partial charge in [0.15, 0.2) is 11.6 Å². The van der Waals surface area contributed by atoms with E-state index >= 15 is 0 Å². The third-order valence-electron chi connectivity index (χ3n) is 15.2. The topological polar surface area (TPSA) is 48.5 Å². The SMILES string of the molecule is CC1(C)CCC(C)(C)c2cc3c(cc21)c1cc2c4ccccc4n(-c4nc(-c5ccc6c(c5)-c5ccccc5C6(C)C)nc(-c5ccc6ccccc6c5)n4)c2cc1n3-c1ccccc1. The number of aromatic nitrogens is 5. The Labute approximate surface area is 379 Å². The fourth-order valence-electron chi connectivity index (χ4n) is 11.5. The fraction of sp³-hybridized carbons (Fsp3) is 0.183. The summed E-state index contributed by atoms with van der Waals surface area (Å²) in [6.45, 7) is 14.3. The Morgan fingerprint density at radius 3 is 1.77 bits per heavy atom. The van der Waals surface area contributed by atoms with E-state index in [2.05, 4.69) is 214 Å². The highest BCUT2D eigenvalue weighted by molar-refractivity contribution is 6.19. The Morgan fingerprint density at radius 1 is 0.385 bits per heavy atom. The first-order valence-electron chi connectivity index (χ1n) is 23.1. The molecule has 0 aliphatic heterocycles. The van der Waals surface area contributed by atoms with Crippen molar-refractivity contribution in [3.63, 3.8) is 0 Å². The zero-order valence-electron chi connectivity index (χ0n) is 37.7. The van der Waals surface area contributed by atoms with Crippen molar-refractivity contribution < 1.29 is 0 Å². The second kappa shape index (κ2) is 13.3. The van der Waals surface area contributed by atoms with Crippen molar-refractivity contribution >= 4 is 54.4 Å². The monoisotopic (exact) mass is 839 g/mol. The van der Waals surface area contributed by atoms with Crippen LogP contribution >= 0.6 is 0 Å². The molecular formula is C60H49N5. The summed E-state index contributed by atoms with van der Waals surface area (Å²) >= 11 is 0. The van der Waals surface area contributed by atoms with Gasteiger partial charge in [0.25, 0.3) is 0 Å². The molecule has 0 unspecified atom stereocenters. The average molecular weight is 840 g/mol. The molecule has 13 rings (SSSR count). The van der Waals surface area contributed by atoms with Crippen molar-refractivity contribution in [2.75, 3.05) is 0 Å². The first-order chi connectivity index (χ1) is 31.4. The van der Waals surface area contributed by atoms with Gasteiger partial charge in [-0.05, 0) is 122 Å². The van der Waals surface area contributed by atoms with E-state index in [1.54, 1.807) is 0 Å². The second-order valence-corrected chi connectivity index (χ2v) is 20.4. The van der Waals surface area contributed by atoms with E-state index in [-0.39, 0.29) is 16.2 Å². The lowest BCUT2D eigenvalue weighted by molar-refractivity contribution is 0.332. The summed E-state index contributed by atoms with van der Waals surface area (Å²) in [5, 5.41) is 7.19. The van der Waals surface area contributed by atoms with E-state index < -0.39 is 0 Å². The van der Waals surface area contributed by atoms with Crippen LogP contribution in [0.4, 0.5) is 0 Å². The number of fused-ring (bicyclic) bond motifs is 11. The molecule has 314 valence electrons. The van der Waals surface area contributed by atoms with Crippen LogP contribution in [0.2, 0.25) is 0 Å². The molecule has 8 aromatic carbocycles. The molecule has 5 nitrogen and oxygen atoms in total. The smallest absolute Gasteiger partial charge is 0.238 e. The normalized spacial score (nSPS) is 15.8. The Bertz CT molecular complexity index is 3810. The van der Waals surface area contributed by atoms with E-state index in [0.29, 0.717) is 17.6 Å². The molecule has 0 fully saturated rings. The summed E-state index contributed by atoms with van der Waals surface area (Å²) in [5.41, 5.74) is 15.7. The molecule has 3 heterocycles. The van der Waals surface area contributed by atoms with Gasteiger partial charge in [0.05, 0.1) is 22.1 Å². The molecule has 0 atom stereocenters.